The average Bonchev–Trinajstić information content (AvgIpc) is 2.34. The molecule has 0 radical (unpaired) electrons. The smallest absolute Gasteiger partial charge is 0.129 e. The third-order valence-corrected chi connectivity index (χ3v) is 2.89. The fourth-order valence-electron chi connectivity index (χ4n) is 1.79. The largest absolute Gasteiger partial charge is 0.271 e. The minimum atomic E-state index is -0.761. The van der Waals surface area contributed by atoms with Crippen LogP contribution in [0.5, 0.6) is 0 Å². The Kier molecular flexibility index (Phi) is 3.91. The van der Waals surface area contributed by atoms with Gasteiger partial charge < -0.3 is 0 Å². The van der Waals surface area contributed by atoms with Gasteiger partial charge in [0, 0.05) is 16.1 Å². The van der Waals surface area contributed by atoms with Gasteiger partial charge in [0.2, 0.25) is 0 Å². The van der Waals surface area contributed by atoms with Crippen LogP contribution in [-0.4, -0.2) is 0 Å². The van der Waals surface area contributed by atoms with Crippen LogP contribution in [0.25, 0.3) is 0 Å². The highest BCUT2D eigenvalue weighted by Gasteiger charge is 2.19. The van der Waals surface area contributed by atoms with E-state index in [1.807, 2.05) is 0 Å². The summed E-state index contributed by atoms with van der Waals surface area (Å²) in [5.41, 5.74) is 2.93. The van der Waals surface area contributed by atoms with Crippen molar-refractivity contribution in [1.29, 1.82) is 0 Å². The summed E-state index contributed by atoms with van der Waals surface area (Å²) >= 11 is 5.68. The summed E-state index contributed by atoms with van der Waals surface area (Å²) in [6.45, 7) is 0. The highest BCUT2D eigenvalue weighted by atomic mass is 35.5. The van der Waals surface area contributed by atoms with E-state index < -0.39 is 17.7 Å². The summed E-state index contributed by atoms with van der Waals surface area (Å²) in [5, 5.41) is 0.278. The van der Waals surface area contributed by atoms with Crippen molar-refractivity contribution < 1.29 is 8.78 Å². The van der Waals surface area contributed by atoms with Crippen molar-refractivity contribution in [1.82, 2.24) is 5.43 Å². The van der Waals surface area contributed by atoms with E-state index >= 15 is 0 Å². The van der Waals surface area contributed by atoms with Crippen LogP contribution in [-0.2, 0) is 0 Å². The van der Waals surface area contributed by atoms with Gasteiger partial charge in [-0.2, -0.15) is 0 Å². The number of hydrogen-bond acceptors (Lipinski definition) is 2. The maximum absolute atomic E-state index is 13.8. The van der Waals surface area contributed by atoms with Crippen molar-refractivity contribution in [2.24, 2.45) is 5.84 Å². The molecule has 18 heavy (non-hydrogen) atoms. The molecule has 0 aliphatic heterocycles. The lowest BCUT2D eigenvalue weighted by atomic mass is 9.98. The lowest BCUT2D eigenvalue weighted by Crippen LogP contribution is -2.30. The molecule has 0 fully saturated rings. The highest BCUT2D eigenvalue weighted by molar-refractivity contribution is 6.30. The van der Waals surface area contributed by atoms with E-state index in [2.05, 4.69) is 5.43 Å². The van der Waals surface area contributed by atoms with Crippen LogP contribution < -0.4 is 11.3 Å². The Morgan fingerprint density at radius 1 is 1.00 bits per heavy atom. The van der Waals surface area contributed by atoms with Gasteiger partial charge in [-0.1, -0.05) is 35.9 Å². The van der Waals surface area contributed by atoms with E-state index in [1.54, 1.807) is 18.2 Å². The van der Waals surface area contributed by atoms with E-state index in [-0.39, 0.29) is 16.1 Å². The maximum Gasteiger partial charge on any atom is 0.129 e. The molecule has 0 bridgehead atoms. The molecule has 2 aromatic carbocycles. The van der Waals surface area contributed by atoms with Crippen molar-refractivity contribution in [3.8, 4) is 0 Å². The third kappa shape index (κ3) is 2.51. The van der Waals surface area contributed by atoms with Gasteiger partial charge in [0.1, 0.15) is 11.6 Å². The SMILES string of the molecule is NNC(c1ccccc1F)c1ccc(Cl)cc1F. The number of hydrogen-bond donors (Lipinski definition) is 2. The van der Waals surface area contributed by atoms with Gasteiger partial charge in [-0.25, -0.2) is 14.2 Å². The van der Waals surface area contributed by atoms with Crippen LogP contribution in [0.4, 0.5) is 8.78 Å². The molecule has 0 saturated carbocycles. The predicted molar refractivity (Wildman–Crippen MR) is 67.0 cm³/mol. The summed E-state index contributed by atoms with van der Waals surface area (Å²) in [7, 11) is 0. The molecule has 2 aromatic rings. The molecule has 2 rings (SSSR count). The van der Waals surface area contributed by atoms with E-state index in [9.17, 15) is 8.78 Å². The first-order valence-electron chi connectivity index (χ1n) is 5.29. The third-order valence-electron chi connectivity index (χ3n) is 2.66. The number of nitrogens with two attached hydrogens (primary N) is 1. The van der Waals surface area contributed by atoms with Gasteiger partial charge >= 0.3 is 0 Å². The first-order chi connectivity index (χ1) is 8.63. The number of hydrazine groups is 1. The van der Waals surface area contributed by atoms with Crippen molar-refractivity contribution in [2.75, 3.05) is 0 Å². The first kappa shape index (κ1) is 13.0. The monoisotopic (exact) mass is 268 g/mol. The lowest BCUT2D eigenvalue weighted by Gasteiger charge is -2.18. The quantitative estimate of drug-likeness (QED) is 0.663. The topological polar surface area (TPSA) is 38.0 Å². The average molecular weight is 269 g/mol. The first-order valence-corrected chi connectivity index (χ1v) is 5.66. The molecule has 0 spiro atoms. The van der Waals surface area contributed by atoms with Crippen LogP contribution in [0.3, 0.4) is 0 Å². The highest BCUT2D eigenvalue weighted by Crippen LogP contribution is 2.27. The Bertz CT molecular complexity index is 560. The van der Waals surface area contributed by atoms with Crippen molar-refractivity contribution >= 4 is 11.6 Å². The molecule has 0 aliphatic rings. The Morgan fingerprint density at radius 3 is 2.28 bits per heavy atom. The maximum atomic E-state index is 13.8. The summed E-state index contributed by atoms with van der Waals surface area (Å²) in [6.07, 6.45) is 0. The molecular formula is C13H11ClF2N2. The summed E-state index contributed by atoms with van der Waals surface area (Å²) in [6, 6.07) is 9.49. The van der Waals surface area contributed by atoms with Gasteiger partial charge in [0.05, 0.1) is 6.04 Å². The number of halogens is 3. The molecule has 1 unspecified atom stereocenters. The molecule has 0 aromatic heterocycles. The number of rotatable bonds is 3. The zero-order valence-electron chi connectivity index (χ0n) is 9.33. The summed E-state index contributed by atoms with van der Waals surface area (Å²) in [5.74, 6) is 4.41. The standard InChI is InChI=1S/C13H11ClF2N2/c14-8-5-6-10(12(16)7-8)13(18-17)9-3-1-2-4-11(9)15/h1-7,13,18H,17H2. The second kappa shape index (κ2) is 5.44. The second-order valence-corrected chi connectivity index (χ2v) is 4.22. The molecule has 3 N–H and O–H groups in total. The van der Waals surface area contributed by atoms with E-state index in [4.69, 9.17) is 17.4 Å². The molecule has 94 valence electrons. The second-order valence-electron chi connectivity index (χ2n) is 3.79. The minimum Gasteiger partial charge on any atom is -0.271 e. The van der Waals surface area contributed by atoms with Crippen LogP contribution >= 0.6 is 11.6 Å². The van der Waals surface area contributed by atoms with Gasteiger partial charge in [-0.3, -0.25) is 5.84 Å². The van der Waals surface area contributed by atoms with E-state index in [0.29, 0.717) is 0 Å². The van der Waals surface area contributed by atoms with Crippen molar-refractivity contribution in [3.63, 3.8) is 0 Å². The van der Waals surface area contributed by atoms with Gasteiger partial charge in [0.15, 0.2) is 0 Å². The number of nitrogens with one attached hydrogen (secondary N) is 1. The Balaban J connectivity index is 2.49. The van der Waals surface area contributed by atoms with Gasteiger partial charge in [-0.05, 0) is 18.2 Å². The summed E-state index contributed by atoms with van der Waals surface area (Å²) in [4.78, 5) is 0. The van der Waals surface area contributed by atoms with Gasteiger partial charge in [0.25, 0.3) is 0 Å². The van der Waals surface area contributed by atoms with Crippen molar-refractivity contribution in [2.45, 2.75) is 6.04 Å². The zero-order valence-corrected chi connectivity index (χ0v) is 10.1. The van der Waals surface area contributed by atoms with Crippen LogP contribution in [0.1, 0.15) is 17.2 Å². The van der Waals surface area contributed by atoms with Crippen LogP contribution in [0.15, 0.2) is 42.5 Å². The summed E-state index contributed by atoms with van der Waals surface area (Å²) < 4.78 is 27.5. The lowest BCUT2D eigenvalue weighted by molar-refractivity contribution is 0.531. The normalized spacial score (nSPS) is 12.4. The molecule has 2 nitrogen and oxygen atoms in total. The zero-order chi connectivity index (χ0) is 13.1. The predicted octanol–water partition coefficient (Wildman–Crippen LogP) is 3.17. The molecular weight excluding hydrogens is 258 g/mol. The molecule has 1 atom stereocenters. The van der Waals surface area contributed by atoms with Crippen molar-refractivity contribution in [3.05, 3.63) is 70.2 Å². The fourth-order valence-corrected chi connectivity index (χ4v) is 1.95. The molecule has 5 heteroatoms. The molecule has 0 heterocycles. The molecule has 0 aliphatic carbocycles. The van der Waals surface area contributed by atoms with E-state index in [0.717, 1.165) is 0 Å². The fraction of sp³-hybridized carbons (Fsp3) is 0.0769. The van der Waals surface area contributed by atoms with Crippen LogP contribution in [0, 0.1) is 11.6 Å². The Labute approximate surface area is 108 Å². The molecule has 0 amide bonds. The Morgan fingerprint density at radius 2 is 1.67 bits per heavy atom. The molecule has 0 saturated heterocycles. The van der Waals surface area contributed by atoms with E-state index in [1.165, 1.54) is 24.3 Å². The van der Waals surface area contributed by atoms with Gasteiger partial charge in [-0.15, -0.1) is 0 Å². The van der Waals surface area contributed by atoms with Crippen LogP contribution in [0.2, 0.25) is 5.02 Å². The minimum absolute atomic E-state index is 0.243. The Hall–Kier alpha value is -1.49. The number of benzene rings is 2.